The second-order valence-corrected chi connectivity index (χ2v) is 3.63. The molecular weight excluding hydrogens is 289 g/mol. The summed E-state index contributed by atoms with van der Waals surface area (Å²) in [4.78, 5) is 16.2. The van der Waals surface area contributed by atoms with Crippen LogP contribution in [0, 0.1) is 0 Å². The van der Waals surface area contributed by atoms with E-state index >= 15 is 0 Å². The lowest BCUT2D eigenvalue weighted by Crippen LogP contribution is -2.41. The molecule has 0 aliphatic carbocycles. The van der Waals surface area contributed by atoms with E-state index in [-0.39, 0.29) is 5.56 Å². The van der Waals surface area contributed by atoms with E-state index in [0.717, 1.165) is 29.3 Å². The number of carbonyl (C=O) groups excluding carboxylic acids is 1. The van der Waals surface area contributed by atoms with Gasteiger partial charge in [0, 0.05) is 12.6 Å². The third-order valence-electron chi connectivity index (χ3n) is 2.24. The minimum atomic E-state index is -5.82. The molecule has 4 nitrogen and oxygen atoms in total. The number of carbonyl (C=O) groups is 1. The highest BCUT2D eigenvalue weighted by Gasteiger charge is 2.61. The molecule has 0 radical (unpaired) electrons. The van der Waals surface area contributed by atoms with Crippen LogP contribution in [0.3, 0.4) is 0 Å². The van der Waals surface area contributed by atoms with Crippen molar-refractivity contribution < 1.29 is 36.3 Å². The van der Waals surface area contributed by atoms with Crippen LogP contribution in [0.1, 0.15) is 10.4 Å². The topological polar surface area (TPSA) is 38.8 Å². The van der Waals surface area contributed by atoms with Crippen molar-refractivity contribution >= 4 is 5.91 Å². The average molecular weight is 299 g/mol. The standard InChI is InChI=1S/C11H10F5NO3/c1-17(19-2)9(18)7-3-5-8(6-4-7)20-11(15,16)10(12,13)14/h3-6H,1-2H3. The van der Waals surface area contributed by atoms with Gasteiger partial charge in [0.05, 0.1) is 7.11 Å². The first-order valence-corrected chi connectivity index (χ1v) is 5.14. The Bertz CT molecular complexity index is 472. The van der Waals surface area contributed by atoms with E-state index in [1.54, 1.807) is 0 Å². The highest BCUT2D eigenvalue weighted by Crippen LogP contribution is 2.37. The van der Waals surface area contributed by atoms with Gasteiger partial charge in [-0.1, -0.05) is 0 Å². The molecule has 9 heteroatoms. The van der Waals surface area contributed by atoms with Crippen molar-refractivity contribution in [2.24, 2.45) is 0 Å². The Labute approximate surface area is 110 Å². The summed E-state index contributed by atoms with van der Waals surface area (Å²) in [6.45, 7) is 0. The fourth-order valence-electron chi connectivity index (χ4n) is 1.14. The van der Waals surface area contributed by atoms with Crippen LogP contribution in [0.5, 0.6) is 5.75 Å². The summed E-state index contributed by atoms with van der Waals surface area (Å²) in [5.41, 5.74) is 0.0389. The van der Waals surface area contributed by atoms with Crippen LogP contribution in [0.4, 0.5) is 22.0 Å². The molecule has 0 atom stereocenters. The summed E-state index contributed by atoms with van der Waals surface area (Å²) in [5, 5.41) is 0.861. The summed E-state index contributed by atoms with van der Waals surface area (Å²) < 4.78 is 64.6. The Kier molecular flexibility index (Phi) is 4.53. The highest BCUT2D eigenvalue weighted by molar-refractivity contribution is 5.93. The SMILES string of the molecule is CON(C)C(=O)c1ccc(OC(F)(F)C(F)(F)F)cc1. The van der Waals surface area contributed by atoms with Gasteiger partial charge in [-0.15, -0.1) is 0 Å². The van der Waals surface area contributed by atoms with Crippen molar-refractivity contribution in [1.82, 2.24) is 5.06 Å². The first-order valence-electron chi connectivity index (χ1n) is 5.14. The summed E-state index contributed by atoms with van der Waals surface area (Å²) >= 11 is 0. The molecule has 1 amide bonds. The van der Waals surface area contributed by atoms with E-state index < -0.39 is 23.9 Å². The molecule has 112 valence electrons. The Balaban J connectivity index is 2.85. The predicted octanol–water partition coefficient (Wildman–Crippen LogP) is 2.85. The molecule has 0 fully saturated rings. The van der Waals surface area contributed by atoms with E-state index in [1.807, 2.05) is 0 Å². The molecule has 0 heterocycles. The van der Waals surface area contributed by atoms with Gasteiger partial charge in [0.15, 0.2) is 0 Å². The van der Waals surface area contributed by atoms with Gasteiger partial charge in [-0.05, 0) is 24.3 Å². The molecule has 0 spiro atoms. The fraction of sp³-hybridized carbons (Fsp3) is 0.364. The van der Waals surface area contributed by atoms with Gasteiger partial charge in [0.1, 0.15) is 5.75 Å². The highest BCUT2D eigenvalue weighted by atomic mass is 19.4. The van der Waals surface area contributed by atoms with Crippen molar-refractivity contribution in [3.63, 3.8) is 0 Å². The maximum atomic E-state index is 12.6. The average Bonchev–Trinajstić information content (AvgIpc) is 2.36. The molecule has 0 aliphatic heterocycles. The smallest absolute Gasteiger partial charge is 0.426 e. The van der Waals surface area contributed by atoms with E-state index in [1.165, 1.54) is 14.2 Å². The molecule has 0 saturated heterocycles. The first-order chi connectivity index (χ1) is 9.08. The van der Waals surface area contributed by atoms with Crippen LogP contribution in [-0.4, -0.2) is 37.4 Å². The Morgan fingerprint density at radius 1 is 1.10 bits per heavy atom. The maximum Gasteiger partial charge on any atom is 0.499 e. The number of hydrogen-bond acceptors (Lipinski definition) is 3. The number of rotatable bonds is 4. The zero-order valence-electron chi connectivity index (χ0n) is 10.4. The summed E-state index contributed by atoms with van der Waals surface area (Å²) in [6.07, 6.45) is -11.1. The van der Waals surface area contributed by atoms with Gasteiger partial charge in [0.2, 0.25) is 0 Å². The summed E-state index contributed by atoms with van der Waals surface area (Å²) in [6, 6.07) is 3.74. The third-order valence-corrected chi connectivity index (χ3v) is 2.24. The lowest BCUT2D eigenvalue weighted by atomic mass is 10.2. The molecule has 20 heavy (non-hydrogen) atoms. The van der Waals surface area contributed by atoms with Crippen molar-refractivity contribution in [1.29, 1.82) is 0 Å². The van der Waals surface area contributed by atoms with Crippen LogP contribution < -0.4 is 4.74 Å². The molecule has 1 aromatic rings. The van der Waals surface area contributed by atoms with Gasteiger partial charge >= 0.3 is 12.3 Å². The number of amides is 1. The number of nitrogens with zero attached hydrogens (tertiary/aromatic N) is 1. The lowest BCUT2D eigenvalue weighted by Gasteiger charge is -2.20. The lowest BCUT2D eigenvalue weighted by molar-refractivity contribution is -0.360. The minimum absolute atomic E-state index is 0.0389. The Morgan fingerprint density at radius 3 is 2.00 bits per heavy atom. The summed E-state index contributed by atoms with van der Waals surface area (Å²) in [7, 11) is 2.55. The van der Waals surface area contributed by atoms with Gasteiger partial charge < -0.3 is 4.74 Å². The Hall–Kier alpha value is -1.90. The minimum Gasteiger partial charge on any atom is -0.426 e. The predicted molar refractivity (Wildman–Crippen MR) is 57.2 cm³/mol. The zero-order valence-corrected chi connectivity index (χ0v) is 10.4. The molecule has 1 aromatic carbocycles. The van der Waals surface area contributed by atoms with Crippen LogP contribution in [0.15, 0.2) is 24.3 Å². The molecule has 0 aliphatic rings. The van der Waals surface area contributed by atoms with Crippen molar-refractivity contribution in [3.05, 3.63) is 29.8 Å². The Morgan fingerprint density at radius 2 is 1.60 bits per heavy atom. The van der Waals surface area contributed by atoms with Gasteiger partial charge in [0.25, 0.3) is 5.91 Å². The summed E-state index contributed by atoms with van der Waals surface area (Å²) in [5.74, 6) is -1.31. The molecule has 0 aromatic heterocycles. The van der Waals surface area contributed by atoms with E-state index in [2.05, 4.69) is 9.57 Å². The van der Waals surface area contributed by atoms with Crippen LogP contribution in [-0.2, 0) is 4.84 Å². The van der Waals surface area contributed by atoms with Crippen molar-refractivity contribution in [2.75, 3.05) is 14.2 Å². The van der Waals surface area contributed by atoms with E-state index in [9.17, 15) is 26.7 Å². The fourth-order valence-corrected chi connectivity index (χ4v) is 1.14. The maximum absolute atomic E-state index is 12.6. The number of alkyl halides is 5. The molecule has 0 unspecified atom stereocenters. The van der Waals surface area contributed by atoms with Crippen LogP contribution in [0.25, 0.3) is 0 Å². The number of benzene rings is 1. The monoisotopic (exact) mass is 299 g/mol. The van der Waals surface area contributed by atoms with Crippen LogP contribution >= 0.6 is 0 Å². The van der Waals surface area contributed by atoms with Gasteiger partial charge in [-0.3, -0.25) is 9.63 Å². The van der Waals surface area contributed by atoms with Crippen molar-refractivity contribution in [2.45, 2.75) is 12.3 Å². The van der Waals surface area contributed by atoms with Crippen LogP contribution in [0.2, 0.25) is 0 Å². The number of halogens is 5. The second kappa shape index (κ2) is 5.61. The quantitative estimate of drug-likeness (QED) is 0.634. The largest absolute Gasteiger partial charge is 0.499 e. The molecule has 0 saturated carbocycles. The van der Waals surface area contributed by atoms with Gasteiger partial charge in [-0.25, -0.2) is 5.06 Å². The number of ether oxygens (including phenoxy) is 1. The molecule has 1 rings (SSSR count). The van der Waals surface area contributed by atoms with E-state index in [4.69, 9.17) is 0 Å². The van der Waals surface area contributed by atoms with Crippen molar-refractivity contribution in [3.8, 4) is 5.75 Å². The number of hydroxylamine groups is 2. The first kappa shape index (κ1) is 16.2. The number of hydrogen-bond donors (Lipinski definition) is 0. The van der Waals surface area contributed by atoms with Gasteiger partial charge in [-0.2, -0.15) is 22.0 Å². The third kappa shape index (κ3) is 3.56. The molecule has 0 bridgehead atoms. The normalized spacial score (nSPS) is 12.2. The van der Waals surface area contributed by atoms with E-state index in [0.29, 0.717) is 0 Å². The zero-order chi connectivity index (χ0) is 15.6. The molecule has 0 N–H and O–H groups in total. The second-order valence-electron chi connectivity index (χ2n) is 3.63. The molecular formula is C11H10F5NO3.